The second-order valence-corrected chi connectivity index (χ2v) is 21.9. The van der Waals surface area contributed by atoms with Crippen molar-refractivity contribution in [1.29, 1.82) is 0 Å². The third-order valence-corrected chi connectivity index (χ3v) is 18.4. The van der Waals surface area contributed by atoms with E-state index in [9.17, 15) is 0 Å². The highest BCUT2D eigenvalue weighted by Gasteiger charge is 2.48. The topological polar surface area (TPSA) is 32.8 Å². The van der Waals surface area contributed by atoms with Crippen molar-refractivity contribution in [3.8, 4) is 22.3 Å². The standard InChI is InChI=1S/C66H38B2N2O2S2/c1-4-19-39(20-5-1)42-27-18-28-43(40-21-6-2-7-22-40)64(42)70-51-36-50-48(35-49(51)68-47-30-13-17-34-59(47)74-66-61-45-26-11-15-32-55(45)72-57(61)38-53(70)63(66)68)67-46-29-12-16-33-58(46)73-65-60-44-25-10-14-31-54(44)71-56(60)37-52(62(65)67)69(50)41-23-8-3-9-24-41/h1-38H. The summed E-state index contributed by atoms with van der Waals surface area (Å²) in [6.45, 7) is -0.147. The molecule has 4 nitrogen and oxygen atoms in total. The van der Waals surface area contributed by atoms with Crippen molar-refractivity contribution >= 4 is 148 Å². The maximum absolute atomic E-state index is 6.99. The molecule has 74 heavy (non-hydrogen) atoms. The van der Waals surface area contributed by atoms with Gasteiger partial charge in [-0.05, 0) is 75.4 Å². The van der Waals surface area contributed by atoms with Gasteiger partial charge in [-0.15, -0.1) is 0 Å². The van der Waals surface area contributed by atoms with Gasteiger partial charge in [0.05, 0.1) is 5.69 Å². The highest BCUT2D eigenvalue weighted by Crippen LogP contribution is 2.54. The van der Waals surface area contributed by atoms with Gasteiger partial charge < -0.3 is 18.6 Å². The minimum Gasteiger partial charge on any atom is -0.456 e. The summed E-state index contributed by atoms with van der Waals surface area (Å²) in [5.74, 6) is 0. The zero-order valence-electron chi connectivity index (χ0n) is 39.6. The normalized spacial score (nSPS) is 13.7. The molecular weight excluding hydrogens is 938 g/mol. The molecule has 11 aromatic carbocycles. The van der Waals surface area contributed by atoms with Crippen LogP contribution in [0, 0.1) is 0 Å². The summed E-state index contributed by atoms with van der Waals surface area (Å²) >= 11 is 3.78. The fraction of sp³-hybridized carbons (Fsp3) is 0. The Morgan fingerprint density at radius 1 is 0.338 bits per heavy atom. The molecule has 13 aromatic rings. The van der Waals surface area contributed by atoms with Crippen LogP contribution in [-0.2, 0) is 0 Å². The number of para-hydroxylation sites is 4. The Morgan fingerprint density at radius 2 is 0.784 bits per heavy atom. The maximum atomic E-state index is 6.99. The van der Waals surface area contributed by atoms with Crippen LogP contribution >= 0.6 is 23.5 Å². The smallest absolute Gasteiger partial charge is 0.249 e. The summed E-state index contributed by atoms with van der Waals surface area (Å²) in [7, 11) is 0. The first-order chi connectivity index (χ1) is 36.7. The van der Waals surface area contributed by atoms with Crippen molar-refractivity contribution < 1.29 is 8.83 Å². The van der Waals surface area contributed by atoms with Gasteiger partial charge in [0.1, 0.15) is 22.3 Å². The molecule has 0 aliphatic carbocycles. The van der Waals surface area contributed by atoms with Gasteiger partial charge in [-0.2, -0.15) is 0 Å². The summed E-state index contributed by atoms with van der Waals surface area (Å²) in [4.78, 5) is 10.2. The molecule has 0 unspecified atom stereocenters. The highest BCUT2D eigenvalue weighted by atomic mass is 32.2. The van der Waals surface area contributed by atoms with E-state index in [1.807, 2.05) is 23.5 Å². The SMILES string of the molecule is c1ccc(-c2cccc(-c3ccccc3)c2N2c3cc4c(cc3B3c5ccccc5Sc5c3c2cc2oc3ccccc3c52)B2c3ccccc3Sc3c2c(cc2oc5ccccc5c32)N4c2ccccc2)cc1. The van der Waals surface area contributed by atoms with Gasteiger partial charge in [-0.1, -0.05) is 210 Å². The van der Waals surface area contributed by atoms with E-state index in [0.29, 0.717) is 0 Å². The van der Waals surface area contributed by atoms with E-state index in [4.69, 9.17) is 8.83 Å². The van der Waals surface area contributed by atoms with Crippen molar-refractivity contribution in [1.82, 2.24) is 0 Å². The molecule has 0 amide bonds. The molecule has 0 N–H and O–H groups in total. The summed E-state index contributed by atoms with van der Waals surface area (Å²) < 4.78 is 13.9. The van der Waals surface area contributed by atoms with Crippen LogP contribution in [0.4, 0.5) is 34.1 Å². The second-order valence-electron chi connectivity index (χ2n) is 19.8. The molecule has 0 fully saturated rings. The van der Waals surface area contributed by atoms with Gasteiger partial charge in [0.15, 0.2) is 0 Å². The number of anilines is 6. The molecule has 4 aliphatic rings. The van der Waals surface area contributed by atoms with E-state index in [1.54, 1.807) is 0 Å². The third kappa shape index (κ3) is 5.64. The Hall–Kier alpha value is -8.55. The molecule has 0 atom stereocenters. The molecule has 6 heterocycles. The molecule has 342 valence electrons. The van der Waals surface area contributed by atoms with Crippen LogP contribution in [0.25, 0.3) is 66.1 Å². The molecular formula is C66H38B2N2O2S2. The largest absolute Gasteiger partial charge is 0.456 e. The van der Waals surface area contributed by atoms with E-state index in [1.165, 1.54) is 63.1 Å². The van der Waals surface area contributed by atoms with Crippen molar-refractivity contribution in [3.63, 3.8) is 0 Å². The van der Waals surface area contributed by atoms with Crippen molar-refractivity contribution in [2.75, 3.05) is 9.80 Å². The van der Waals surface area contributed by atoms with Crippen LogP contribution in [0.2, 0.25) is 0 Å². The second kappa shape index (κ2) is 15.5. The molecule has 0 spiro atoms. The average Bonchev–Trinajstić information content (AvgIpc) is 4.04. The number of hydrogen-bond donors (Lipinski definition) is 0. The summed E-state index contributed by atoms with van der Waals surface area (Å²) in [5, 5.41) is 4.64. The van der Waals surface area contributed by atoms with Gasteiger partial charge in [-0.3, -0.25) is 0 Å². The highest BCUT2D eigenvalue weighted by molar-refractivity contribution is 8.00. The third-order valence-electron chi connectivity index (χ3n) is 15.9. The fourth-order valence-corrected chi connectivity index (χ4v) is 15.6. The zero-order chi connectivity index (χ0) is 48.2. The van der Waals surface area contributed by atoms with E-state index in [-0.39, 0.29) is 13.4 Å². The van der Waals surface area contributed by atoms with Gasteiger partial charge in [-0.25, -0.2) is 0 Å². The van der Waals surface area contributed by atoms with Gasteiger partial charge in [0, 0.05) is 92.8 Å². The zero-order valence-corrected chi connectivity index (χ0v) is 41.3. The number of furan rings is 2. The molecule has 17 rings (SSSR count). The molecule has 0 radical (unpaired) electrons. The van der Waals surface area contributed by atoms with E-state index >= 15 is 0 Å². The Balaban J connectivity index is 1.06. The summed E-state index contributed by atoms with van der Waals surface area (Å²) in [5.41, 5.74) is 22.8. The minimum atomic E-state index is -0.0873. The van der Waals surface area contributed by atoms with Crippen LogP contribution in [0.15, 0.2) is 259 Å². The predicted octanol–water partition coefficient (Wildman–Crippen LogP) is 14.3. The number of nitrogens with zero attached hydrogens (tertiary/aromatic N) is 2. The quantitative estimate of drug-likeness (QED) is 0.163. The van der Waals surface area contributed by atoms with E-state index < -0.39 is 0 Å². The van der Waals surface area contributed by atoms with Gasteiger partial charge in [0.25, 0.3) is 0 Å². The monoisotopic (exact) mass is 976 g/mol. The molecule has 0 saturated carbocycles. The lowest BCUT2D eigenvalue weighted by molar-refractivity contribution is 0.668. The maximum Gasteiger partial charge on any atom is 0.249 e. The lowest BCUT2D eigenvalue weighted by atomic mass is 9.31. The number of rotatable bonds is 4. The predicted molar refractivity (Wildman–Crippen MR) is 312 cm³/mol. The van der Waals surface area contributed by atoms with E-state index in [0.717, 1.165) is 89.5 Å². The first-order valence-corrected chi connectivity index (χ1v) is 26.9. The van der Waals surface area contributed by atoms with Crippen LogP contribution in [0.5, 0.6) is 0 Å². The average molecular weight is 977 g/mol. The minimum absolute atomic E-state index is 0.0601. The van der Waals surface area contributed by atoms with Crippen LogP contribution in [0.3, 0.4) is 0 Å². The Bertz CT molecular complexity index is 4480. The van der Waals surface area contributed by atoms with Crippen LogP contribution in [0.1, 0.15) is 0 Å². The number of benzene rings is 11. The Labute approximate surface area is 436 Å². The Kier molecular flexibility index (Phi) is 8.57. The first kappa shape index (κ1) is 41.0. The molecule has 2 aromatic heterocycles. The van der Waals surface area contributed by atoms with Crippen molar-refractivity contribution in [2.45, 2.75) is 19.6 Å². The van der Waals surface area contributed by atoms with E-state index in [2.05, 4.69) is 240 Å². The van der Waals surface area contributed by atoms with Gasteiger partial charge in [0.2, 0.25) is 13.4 Å². The lowest BCUT2D eigenvalue weighted by Crippen LogP contribution is -2.64. The molecule has 0 saturated heterocycles. The fourth-order valence-electron chi connectivity index (χ4n) is 12.9. The Morgan fingerprint density at radius 3 is 1.32 bits per heavy atom. The lowest BCUT2D eigenvalue weighted by Gasteiger charge is -2.45. The molecule has 4 aliphatic heterocycles. The number of hydrogen-bond acceptors (Lipinski definition) is 6. The summed E-state index contributed by atoms with van der Waals surface area (Å²) in [6.07, 6.45) is 0. The van der Waals surface area contributed by atoms with Crippen LogP contribution < -0.4 is 42.6 Å². The van der Waals surface area contributed by atoms with Crippen LogP contribution in [-0.4, -0.2) is 13.4 Å². The molecule has 8 heteroatoms. The molecule has 0 bridgehead atoms. The number of fused-ring (bicyclic) bond motifs is 16. The van der Waals surface area contributed by atoms with Gasteiger partial charge >= 0.3 is 0 Å². The summed E-state index contributed by atoms with van der Waals surface area (Å²) in [6, 6.07) is 84.9. The van der Waals surface area contributed by atoms with Crippen molar-refractivity contribution in [2.24, 2.45) is 0 Å². The first-order valence-electron chi connectivity index (χ1n) is 25.3. The van der Waals surface area contributed by atoms with Crippen molar-refractivity contribution in [3.05, 3.63) is 231 Å².